The van der Waals surface area contributed by atoms with Crippen molar-refractivity contribution >= 4 is 0 Å². The maximum atomic E-state index is 9.57. The topological polar surface area (TPSA) is 23.8 Å². The summed E-state index contributed by atoms with van der Waals surface area (Å²) in [6.45, 7) is 4.45. The quantitative estimate of drug-likeness (QED) is 0.628. The standard InChI is InChI=1S/C20H29N/c1-3-5-13-20(16-21)14-11-19(12-15-20)18-9-7-17(6-4-2)8-10-18/h7-10,19H,3-6,11-15H2,1-2H3/t19-,20-. The maximum absolute atomic E-state index is 9.57. The summed E-state index contributed by atoms with van der Waals surface area (Å²) in [5.74, 6) is 0.670. The predicted octanol–water partition coefficient (Wildman–Crippen LogP) is 6.00. The number of unbranched alkanes of at least 4 members (excludes halogenated alkanes) is 1. The lowest BCUT2D eigenvalue weighted by molar-refractivity contribution is 0.224. The summed E-state index contributed by atoms with van der Waals surface area (Å²) in [5.41, 5.74) is 2.91. The summed E-state index contributed by atoms with van der Waals surface area (Å²) in [6.07, 6.45) is 10.4. The Morgan fingerprint density at radius 1 is 1.10 bits per heavy atom. The third-order valence-electron chi connectivity index (χ3n) is 5.18. The monoisotopic (exact) mass is 283 g/mol. The number of aryl methyl sites for hydroxylation is 1. The fourth-order valence-corrected chi connectivity index (χ4v) is 3.68. The molecule has 0 aromatic heterocycles. The molecule has 1 nitrogen and oxygen atoms in total. The molecule has 0 atom stereocenters. The van der Waals surface area contributed by atoms with E-state index in [1.807, 2.05) is 0 Å². The number of rotatable bonds is 6. The van der Waals surface area contributed by atoms with Crippen molar-refractivity contribution in [3.05, 3.63) is 35.4 Å². The van der Waals surface area contributed by atoms with Gasteiger partial charge in [0.15, 0.2) is 0 Å². The highest BCUT2D eigenvalue weighted by molar-refractivity contribution is 5.26. The molecule has 1 aliphatic carbocycles. The van der Waals surface area contributed by atoms with Crippen molar-refractivity contribution in [1.82, 2.24) is 0 Å². The van der Waals surface area contributed by atoms with Gasteiger partial charge in [-0.15, -0.1) is 0 Å². The van der Waals surface area contributed by atoms with Gasteiger partial charge >= 0.3 is 0 Å². The van der Waals surface area contributed by atoms with Crippen LogP contribution in [0.2, 0.25) is 0 Å². The Morgan fingerprint density at radius 2 is 1.76 bits per heavy atom. The van der Waals surface area contributed by atoms with Crippen LogP contribution in [0.15, 0.2) is 24.3 Å². The minimum Gasteiger partial charge on any atom is -0.198 e. The predicted molar refractivity (Wildman–Crippen MR) is 89.2 cm³/mol. The lowest BCUT2D eigenvalue weighted by atomic mass is 9.67. The Labute approximate surface area is 130 Å². The van der Waals surface area contributed by atoms with Crippen LogP contribution in [0.3, 0.4) is 0 Å². The summed E-state index contributed by atoms with van der Waals surface area (Å²) in [4.78, 5) is 0. The molecule has 0 saturated heterocycles. The van der Waals surface area contributed by atoms with Crippen molar-refractivity contribution < 1.29 is 0 Å². The molecule has 1 aliphatic rings. The van der Waals surface area contributed by atoms with Gasteiger partial charge in [-0.05, 0) is 55.6 Å². The SMILES string of the molecule is CCCC[C@]1(C#N)CC[C@H](c2ccc(CCC)cc2)CC1. The number of hydrogen-bond donors (Lipinski definition) is 0. The van der Waals surface area contributed by atoms with Crippen LogP contribution >= 0.6 is 0 Å². The summed E-state index contributed by atoms with van der Waals surface area (Å²) >= 11 is 0. The maximum Gasteiger partial charge on any atom is 0.0689 e. The zero-order valence-electron chi connectivity index (χ0n) is 13.7. The van der Waals surface area contributed by atoms with Crippen molar-refractivity contribution in [3.8, 4) is 6.07 Å². The highest BCUT2D eigenvalue weighted by atomic mass is 14.4. The molecule has 21 heavy (non-hydrogen) atoms. The Morgan fingerprint density at radius 3 is 2.29 bits per heavy atom. The first kappa shape index (κ1) is 16.1. The van der Waals surface area contributed by atoms with E-state index in [-0.39, 0.29) is 5.41 Å². The van der Waals surface area contributed by atoms with Crippen LogP contribution in [0.1, 0.15) is 82.3 Å². The van der Waals surface area contributed by atoms with Crippen LogP contribution < -0.4 is 0 Å². The molecule has 0 radical (unpaired) electrons. The zero-order chi connectivity index (χ0) is 15.1. The van der Waals surface area contributed by atoms with Crippen LogP contribution in [0.5, 0.6) is 0 Å². The third-order valence-corrected chi connectivity index (χ3v) is 5.18. The molecule has 1 aromatic rings. The summed E-state index contributed by atoms with van der Waals surface area (Å²) in [5, 5.41) is 9.57. The van der Waals surface area contributed by atoms with Crippen LogP contribution in [0.4, 0.5) is 0 Å². The molecule has 0 unspecified atom stereocenters. The second-order valence-electron chi connectivity index (χ2n) is 6.76. The molecular formula is C20H29N. The average molecular weight is 283 g/mol. The molecule has 1 heteroatoms. The molecule has 0 aliphatic heterocycles. The lowest BCUT2D eigenvalue weighted by Crippen LogP contribution is -2.25. The Kier molecular flexibility index (Phi) is 5.85. The molecule has 114 valence electrons. The fraction of sp³-hybridized carbons (Fsp3) is 0.650. The Hall–Kier alpha value is -1.29. The van der Waals surface area contributed by atoms with Crippen molar-refractivity contribution in [2.24, 2.45) is 5.41 Å². The molecule has 1 saturated carbocycles. The normalized spacial score (nSPS) is 25.5. The van der Waals surface area contributed by atoms with Crippen LogP contribution in [0, 0.1) is 16.7 Å². The van der Waals surface area contributed by atoms with E-state index in [1.165, 1.54) is 49.7 Å². The molecule has 0 heterocycles. The van der Waals surface area contributed by atoms with Gasteiger partial charge in [0.25, 0.3) is 0 Å². The van der Waals surface area contributed by atoms with E-state index in [9.17, 15) is 5.26 Å². The van der Waals surface area contributed by atoms with E-state index >= 15 is 0 Å². The third kappa shape index (κ3) is 4.10. The molecule has 0 amide bonds. The van der Waals surface area contributed by atoms with E-state index in [4.69, 9.17) is 0 Å². The molecular weight excluding hydrogens is 254 g/mol. The van der Waals surface area contributed by atoms with Crippen LogP contribution in [-0.4, -0.2) is 0 Å². The minimum absolute atomic E-state index is 0.0192. The van der Waals surface area contributed by atoms with Crippen LogP contribution in [-0.2, 0) is 6.42 Å². The van der Waals surface area contributed by atoms with Crippen molar-refractivity contribution in [2.75, 3.05) is 0 Å². The van der Waals surface area contributed by atoms with Gasteiger partial charge < -0.3 is 0 Å². The van der Waals surface area contributed by atoms with Gasteiger partial charge in [-0.3, -0.25) is 0 Å². The molecule has 1 fully saturated rings. The van der Waals surface area contributed by atoms with Gasteiger partial charge in [-0.1, -0.05) is 57.4 Å². The van der Waals surface area contributed by atoms with E-state index in [2.05, 4.69) is 44.2 Å². The smallest absolute Gasteiger partial charge is 0.0689 e. The first-order valence-corrected chi connectivity index (χ1v) is 8.73. The van der Waals surface area contributed by atoms with Gasteiger partial charge in [-0.25, -0.2) is 0 Å². The number of hydrogen-bond acceptors (Lipinski definition) is 1. The van der Waals surface area contributed by atoms with E-state index in [0.29, 0.717) is 5.92 Å². The van der Waals surface area contributed by atoms with Crippen molar-refractivity contribution in [3.63, 3.8) is 0 Å². The molecule has 0 N–H and O–H groups in total. The van der Waals surface area contributed by atoms with Gasteiger partial charge in [-0.2, -0.15) is 5.26 Å². The van der Waals surface area contributed by atoms with Crippen molar-refractivity contribution in [2.45, 2.75) is 77.6 Å². The van der Waals surface area contributed by atoms with Gasteiger partial charge in [0.05, 0.1) is 11.5 Å². The molecule has 0 spiro atoms. The Balaban J connectivity index is 1.95. The summed E-state index contributed by atoms with van der Waals surface area (Å²) in [7, 11) is 0. The Bertz CT molecular complexity index is 458. The van der Waals surface area contributed by atoms with E-state index in [1.54, 1.807) is 0 Å². The van der Waals surface area contributed by atoms with Gasteiger partial charge in [0.2, 0.25) is 0 Å². The highest BCUT2D eigenvalue weighted by Gasteiger charge is 2.35. The highest BCUT2D eigenvalue weighted by Crippen LogP contribution is 2.45. The second-order valence-corrected chi connectivity index (χ2v) is 6.76. The number of benzene rings is 1. The molecule has 2 rings (SSSR count). The van der Waals surface area contributed by atoms with E-state index in [0.717, 1.165) is 19.3 Å². The van der Waals surface area contributed by atoms with Gasteiger partial charge in [0.1, 0.15) is 0 Å². The molecule has 1 aromatic carbocycles. The fourth-order valence-electron chi connectivity index (χ4n) is 3.68. The van der Waals surface area contributed by atoms with Crippen molar-refractivity contribution in [1.29, 1.82) is 5.26 Å². The minimum atomic E-state index is -0.0192. The number of nitrogens with zero attached hydrogens (tertiary/aromatic N) is 1. The first-order chi connectivity index (χ1) is 10.2. The largest absolute Gasteiger partial charge is 0.198 e. The first-order valence-electron chi connectivity index (χ1n) is 8.73. The van der Waals surface area contributed by atoms with Gasteiger partial charge in [0, 0.05) is 0 Å². The number of nitriles is 1. The molecule has 0 bridgehead atoms. The summed E-state index contributed by atoms with van der Waals surface area (Å²) in [6, 6.07) is 11.9. The lowest BCUT2D eigenvalue weighted by Gasteiger charge is -2.35. The average Bonchev–Trinajstić information content (AvgIpc) is 2.55. The second kappa shape index (κ2) is 7.64. The zero-order valence-corrected chi connectivity index (χ0v) is 13.7. The van der Waals surface area contributed by atoms with E-state index < -0.39 is 0 Å². The van der Waals surface area contributed by atoms with Crippen LogP contribution in [0.25, 0.3) is 0 Å². The summed E-state index contributed by atoms with van der Waals surface area (Å²) < 4.78 is 0.